The van der Waals surface area contributed by atoms with Gasteiger partial charge in [-0.25, -0.2) is 28.8 Å². The number of fused-ring (bicyclic) bond motifs is 6. The van der Waals surface area contributed by atoms with Crippen LogP contribution in [-0.4, -0.2) is 244 Å². The normalized spacial score (nSPS) is 35.2. The summed E-state index contributed by atoms with van der Waals surface area (Å²) in [6.45, 7) is 37.0. The Kier molecular flexibility index (Phi) is 32.4. The molecule has 18 fully saturated rings. The molecule has 40 nitrogen and oxygen atoms in total. The Bertz CT molecular complexity index is 5020. The van der Waals surface area contributed by atoms with Gasteiger partial charge in [-0.05, 0) is 139 Å². The lowest BCUT2D eigenvalue weighted by atomic mass is 9.79. The fraction of sp³-hybridized carbons (Fsp3) is 0.680. The van der Waals surface area contributed by atoms with Crippen LogP contribution in [-0.2, 0) is 191 Å². The second-order valence-corrected chi connectivity index (χ2v) is 40.7. The van der Waals surface area contributed by atoms with Gasteiger partial charge in [-0.2, -0.15) is 0 Å². The first-order valence-electron chi connectivity index (χ1n) is 47.8. The van der Waals surface area contributed by atoms with E-state index >= 15 is 0 Å². The van der Waals surface area contributed by atoms with Crippen molar-refractivity contribution in [2.24, 2.45) is 106 Å². The van der Waals surface area contributed by atoms with E-state index in [1.165, 1.54) is 13.8 Å². The molecule has 6 aliphatic heterocycles. The van der Waals surface area contributed by atoms with Gasteiger partial charge < -0.3 is 94.7 Å². The summed E-state index contributed by atoms with van der Waals surface area (Å²) < 4.78 is 104. The standard InChI is InChI=1S/C19H24O8.C18H22O8.3C16H20O6.C15H18O6/c1-10(2)17(22)25-7-6-24-14(20)4-5-15(21)27-19(3)11-8-12-13(9-11)18(23)26-16(12)19;1-9(2)17(21)24-6-5-23-13(19)3-4-14(20)25-15-10-7-11-12(8-10)18(22)26-16(11)15;1-8(2)14(18)20-5-4-11(17)21-13-12-9-6-16(13,3)7-10(9)15(19)22-12;1-8(2)14(18)20-5-4-12(17)22-16(3)9-6-10-11(7-9)15(19)21-13(10)16;1-8(2)14(18)20-5-4-12(17)21-13-9-6-10-11(7-9)16(13,3)22-15(10)19;1-7(2)14(17)19-4-3-11(16)20-12-8-5-9-10(6-8)15(18)21-13(9)12/h11-13,16H,1,4-9H2,2-3H3;10-12,15-16H,1,3-8H2,2H3;9-10,12-13H,1,4-7H2,2-3H3;2*9-11,13H,1,4-7H2,2-3H3;8-10,12-13H,1,3-6H2,2H3. The van der Waals surface area contributed by atoms with Crippen molar-refractivity contribution in [1.29, 1.82) is 0 Å². The van der Waals surface area contributed by atoms with Crippen molar-refractivity contribution >= 4 is 119 Å². The molecule has 764 valence electrons. The summed E-state index contributed by atoms with van der Waals surface area (Å²) >= 11 is 0. The van der Waals surface area contributed by atoms with Crippen LogP contribution in [0.15, 0.2) is 72.9 Å². The number of hydrogen-bond acceptors (Lipinski definition) is 40. The number of carbonyl (C=O) groups is 20. The minimum absolute atomic E-state index is 0.00297. The van der Waals surface area contributed by atoms with E-state index in [-0.39, 0.29) is 323 Å². The molecule has 0 N–H and O–H groups in total. The first kappa shape index (κ1) is 105. The molecular weight excluding hydrogens is 1840 g/mol. The number of carbonyl (C=O) groups excluding carboxylic acids is 20. The molecule has 30 unspecified atom stereocenters. The quantitative estimate of drug-likeness (QED) is 0.0256. The second-order valence-electron chi connectivity index (χ2n) is 40.7. The van der Waals surface area contributed by atoms with Gasteiger partial charge in [0.15, 0.2) is 0 Å². The molecule has 0 aromatic heterocycles. The Labute approximate surface area is 807 Å². The van der Waals surface area contributed by atoms with Gasteiger partial charge >= 0.3 is 119 Å². The molecule has 0 radical (unpaired) electrons. The fourth-order valence-electron chi connectivity index (χ4n) is 24.0. The van der Waals surface area contributed by atoms with Crippen LogP contribution in [0.25, 0.3) is 0 Å². The van der Waals surface area contributed by atoms with E-state index in [4.69, 9.17) is 94.7 Å². The van der Waals surface area contributed by atoms with Crippen LogP contribution in [0.2, 0.25) is 0 Å². The Morgan fingerprint density at radius 3 is 1.03 bits per heavy atom. The summed E-state index contributed by atoms with van der Waals surface area (Å²) in [7, 11) is 0. The maximum Gasteiger partial charge on any atom is 0.333 e. The summed E-state index contributed by atoms with van der Waals surface area (Å²) in [4.78, 5) is 233. The third-order valence-electron chi connectivity index (χ3n) is 30.7. The largest absolute Gasteiger partial charge is 0.462 e. The van der Waals surface area contributed by atoms with E-state index in [1.807, 2.05) is 27.7 Å². The van der Waals surface area contributed by atoms with Crippen molar-refractivity contribution in [3.63, 3.8) is 0 Å². The van der Waals surface area contributed by atoms with Crippen molar-refractivity contribution in [2.45, 2.75) is 269 Å². The van der Waals surface area contributed by atoms with Gasteiger partial charge in [0.2, 0.25) is 0 Å². The SMILES string of the molecule is C=C(C)C(=O)OCCC(=O)OC1(C)C2CC3C(=O)OC1C3C2.C=C(C)C(=O)OCCC(=O)OC1C2CC3C(=O)OC1(C)C3C2.C=C(C)C(=O)OCCC(=O)OC1C2CC3C(=O)OC1C3C2.C=C(C)C(=O)OCCC(=O)OC1C2OC(=O)C3CC1(C)CC32.C=C(C)C(=O)OCCOC(=O)CCC(=O)OC1(C)C2CC3C(=O)OC1C3C2.C=C(C)C(=O)OCCOC(=O)CCC(=O)OC1C2CC3C(=O)OC1C3C2. The van der Waals surface area contributed by atoms with Gasteiger partial charge in [-0.1, -0.05) is 46.4 Å². The van der Waals surface area contributed by atoms with Crippen LogP contribution in [0.4, 0.5) is 0 Å². The number of esters is 20. The highest BCUT2D eigenvalue weighted by Gasteiger charge is 2.74. The predicted octanol–water partition coefficient (Wildman–Crippen LogP) is 7.36. The minimum atomic E-state index is -0.814. The average molecular weight is 1970 g/mol. The van der Waals surface area contributed by atoms with Gasteiger partial charge in [0.1, 0.15) is 125 Å². The topological polar surface area (TPSA) is 526 Å². The highest BCUT2D eigenvalue weighted by molar-refractivity contribution is 5.91. The molecule has 6 saturated heterocycles. The molecule has 12 saturated carbocycles. The molecule has 40 heteroatoms. The number of ether oxygens (including phenoxy) is 20. The zero-order valence-corrected chi connectivity index (χ0v) is 80.4. The highest BCUT2D eigenvalue weighted by Crippen LogP contribution is 2.66. The monoisotopic (exact) mass is 1960 g/mol. The lowest BCUT2D eigenvalue weighted by Crippen LogP contribution is -2.47. The van der Waals surface area contributed by atoms with Crippen LogP contribution in [0, 0.1) is 106 Å². The van der Waals surface area contributed by atoms with Crippen LogP contribution in [0.1, 0.15) is 198 Å². The Hall–Kier alpha value is -12.2. The van der Waals surface area contributed by atoms with Crippen LogP contribution in [0.3, 0.4) is 0 Å². The molecular formula is C100H124O40. The fourth-order valence-corrected chi connectivity index (χ4v) is 24.0. The first-order valence-corrected chi connectivity index (χ1v) is 47.8. The van der Waals surface area contributed by atoms with Crippen molar-refractivity contribution in [1.82, 2.24) is 0 Å². The zero-order chi connectivity index (χ0) is 102. The van der Waals surface area contributed by atoms with Gasteiger partial charge in [0.25, 0.3) is 0 Å². The van der Waals surface area contributed by atoms with Crippen molar-refractivity contribution in [3.05, 3.63) is 72.9 Å². The summed E-state index contributed by atoms with van der Waals surface area (Å²) in [5, 5.41) is 0. The Balaban J connectivity index is 0.000000142. The maximum absolute atomic E-state index is 12.2. The van der Waals surface area contributed by atoms with E-state index in [0.717, 1.165) is 64.2 Å². The zero-order valence-electron chi connectivity index (χ0n) is 80.4. The molecule has 30 atom stereocenters. The molecule has 0 spiro atoms. The van der Waals surface area contributed by atoms with Crippen LogP contribution < -0.4 is 0 Å². The molecule has 18 aliphatic rings. The molecule has 12 bridgehead atoms. The van der Waals surface area contributed by atoms with E-state index in [0.29, 0.717) is 18.4 Å². The average Bonchev–Trinajstić information content (AvgIpc) is 1.55. The van der Waals surface area contributed by atoms with E-state index in [1.54, 1.807) is 27.7 Å². The summed E-state index contributed by atoms with van der Waals surface area (Å²) in [6.07, 6.45) is 5.86. The first-order chi connectivity index (χ1) is 66.0. The predicted molar refractivity (Wildman–Crippen MR) is 469 cm³/mol. The van der Waals surface area contributed by atoms with Gasteiger partial charge in [0.05, 0.1) is 86.9 Å². The molecule has 12 aliphatic carbocycles. The van der Waals surface area contributed by atoms with E-state index in [9.17, 15) is 95.9 Å². The number of rotatable bonds is 36. The van der Waals surface area contributed by atoms with E-state index in [2.05, 4.69) is 39.5 Å². The second kappa shape index (κ2) is 43.1. The summed E-state index contributed by atoms with van der Waals surface area (Å²) in [5.41, 5.74) is -0.747. The summed E-state index contributed by atoms with van der Waals surface area (Å²) in [6, 6.07) is 0. The Morgan fingerprint density at radius 2 is 0.614 bits per heavy atom. The van der Waals surface area contributed by atoms with Crippen molar-refractivity contribution < 1.29 is 191 Å². The third kappa shape index (κ3) is 22.6. The number of hydrogen-bond donors (Lipinski definition) is 0. The van der Waals surface area contributed by atoms with Crippen LogP contribution in [0.5, 0.6) is 0 Å². The molecule has 140 heavy (non-hydrogen) atoms. The smallest absolute Gasteiger partial charge is 0.333 e. The van der Waals surface area contributed by atoms with Gasteiger partial charge in [-0.3, -0.25) is 67.1 Å². The molecule has 6 heterocycles. The van der Waals surface area contributed by atoms with Gasteiger partial charge in [0, 0.05) is 104 Å². The van der Waals surface area contributed by atoms with Crippen molar-refractivity contribution in [3.8, 4) is 0 Å². The lowest BCUT2D eigenvalue weighted by molar-refractivity contribution is -0.180. The third-order valence-corrected chi connectivity index (χ3v) is 30.7. The molecule has 0 amide bonds. The highest BCUT2D eigenvalue weighted by atomic mass is 16.7. The minimum Gasteiger partial charge on any atom is -0.462 e. The van der Waals surface area contributed by atoms with Gasteiger partial charge in [-0.15, -0.1) is 0 Å². The Morgan fingerprint density at radius 1 is 0.293 bits per heavy atom. The van der Waals surface area contributed by atoms with Crippen LogP contribution >= 0.6 is 0 Å². The van der Waals surface area contributed by atoms with Crippen molar-refractivity contribution in [2.75, 3.05) is 52.9 Å². The summed E-state index contributed by atoms with van der Waals surface area (Å²) in [5.74, 6) is -6.39. The molecule has 18 rings (SSSR count). The molecule has 0 aromatic rings. The lowest BCUT2D eigenvalue weighted by Gasteiger charge is -2.36. The maximum atomic E-state index is 12.2. The molecule has 0 aromatic carbocycles. The van der Waals surface area contributed by atoms with E-state index < -0.39 is 106 Å².